The number of hydrogen-bond acceptors (Lipinski definition) is 4. The Kier molecular flexibility index (Phi) is 6.30. The van der Waals surface area contributed by atoms with Gasteiger partial charge in [-0.3, -0.25) is 0 Å². The lowest BCUT2D eigenvalue weighted by atomic mass is 9.89. The van der Waals surface area contributed by atoms with E-state index in [1.54, 1.807) is 0 Å². The average molecular weight is 298 g/mol. The highest BCUT2D eigenvalue weighted by molar-refractivity contribution is 5.69. The van der Waals surface area contributed by atoms with Crippen LogP contribution in [0.5, 0.6) is 0 Å². The van der Waals surface area contributed by atoms with Crippen molar-refractivity contribution in [1.29, 1.82) is 0 Å². The maximum atomic E-state index is 12.6. The first-order valence-corrected chi connectivity index (χ1v) is 8.43. The van der Waals surface area contributed by atoms with Crippen molar-refractivity contribution >= 4 is 6.09 Å². The van der Waals surface area contributed by atoms with Crippen LogP contribution in [0.4, 0.5) is 4.79 Å². The van der Waals surface area contributed by atoms with Gasteiger partial charge in [0.1, 0.15) is 6.10 Å². The molecule has 0 radical (unpaired) electrons. The molecule has 0 aromatic heterocycles. The molecule has 0 aliphatic carbocycles. The summed E-state index contributed by atoms with van der Waals surface area (Å²) >= 11 is 0. The Balaban J connectivity index is 2.00. The molecule has 0 bridgehead atoms. The summed E-state index contributed by atoms with van der Waals surface area (Å²) < 4.78 is 11.1. The van der Waals surface area contributed by atoms with E-state index < -0.39 is 0 Å². The van der Waals surface area contributed by atoms with E-state index in [-0.39, 0.29) is 24.3 Å². The number of likely N-dealkylation sites (tertiary alicyclic amines) is 1. The van der Waals surface area contributed by atoms with E-state index in [9.17, 15) is 4.79 Å². The summed E-state index contributed by atoms with van der Waals surface area (Å²) in [5.74, 6) is 0. The molecule has 2 saturated heterocycles. The van der Waals surface area contributed by atoms with Crippen molar-refractivity contribution in [3.63, 3.8) is 0 Å². The van der Waals surface area contributed by atoms with Crippen molar-refractivity contribution in [2.75, 3.05) is 20.3 Å². The molecular formula is C16H30N2O3. The number of nitrogens with one attached hydrogen (secondary N) is 1. The van der Waals surface area contributed by atoms with Crippen molar-refractivity contribution in [2.45, 2.75) is 76.6 Å². The van der Waals surface area contributed by atoms with Crippen molar-refractivity contribution in [3.8, 4) is 0 Å². The quantitative estimate of drug-likeness (QED) is 0.866. The van der Waals surface area contributed by atoms with Crippen LogP contribution in [0.2, 0.25) is 0 Å². The first-order chi connectivity index (χ1) is 10.2. The minimum atomic E-state index is -0.116. The predicted molar refractivity (Wildman–Crippen MR) is 82.4 cm³/mol. The van der Waals surface area contributed by atoms with E-state index in [4.69, 9.17) is 9.47 Å². The van der Waals surface area contributed by atoms with E-state index in [1.165, 1.54) is 0 Å². The second-order valence-electron chi connectivity index (χ2n) is 6.18. The number of carbonyl (C=O) groups excluding carboxylic acids is 1. The summed E-state index contributed by atoms with van der Waals surface area (Å²) in [6, 6.07) is 1.08. The number of nitrogens with zero attached hydrogens (tertiary/aromatic N) is 1. The topological polar surface area (TPSA) is 50.8 Å². The molecule has 21 heavy (non-hydrogen) atoms. The number of carbonyl (C=O) groups is 1. The van der Waals surface area contributed by atoms with Crippen LogP contribution in [0.15, 0.2) is 0 Å². The normalized spacial score (nSPS) is 31.2. The van der Waals surface area contributed by atoms with Gasteiger partial charge in [0.25, 0.3) is 0 Å². The van der Waals surface area contributed by atoms with Crippen LogP contribution in [0.1, 0.15) is 52.4 Å². The summed E-state index contributed by atoms with van der Waals surface area (Å²) in [6.07, 6.45) is 5.57. The van der Waals surface area contributed by atoms with E-state index in [0.29, 0.717) is 19.3 Å². The molecule has 5 heteroatoms. The number of hydrogen-bond donors (Lipinski definition) is 1. The molecule has 0 saturated carbocycles. The third kappa shape index (κ3) is 4.10. The Labute approximate surface area is 128 Å². The maximum absolute atomic E-state index is 12.6. The monoisotopic (exact) mass is 298 g/mol. The molecule has 2 aliphatic heterocycles. The molecule has 5 nitrogen and oxygen atoms in total. The highest BCUT2D eigenvalue weighted by atomic mass is 16.6. The van der Waals surface area contributed by atoms with E-state index >= 15 is 0 Å². The number of ether oxygens (including phenoxy) is 2. The minimum absolute atomic E-state index is 0.0308. The fourth-order valence-corrected chi connectivity index (χ4v) is 3.54. The lowest BCUT2D eigenvalue weighted by molar-refractivity contribution is -0.0279. The summed E-state index contributed by atoms with van der Waals surface area (Å²) in [5, 5.41) is 3.38. The molecule has 0 spiro atoms. The lowest BCUT2D eigenvalue weighted by Gasteiger charge is -2.44. The van der Waals surface area contributed by atoms with Gasteiger partial charge in [-0.1, -0.05) is 13.8 Å². The lowest BCUT2D eigenvalue weighted by Crippen LogP contribution is -2.56. The first kappa shape index (κ1) is 16.6. The molecule has 2 heterocycles. The van der Waals surface area contributed by atoms with Crippen LogP contribution in [-0.2, 0) is 9.47 Å². The van der Waals surface area contributed by atoms with Crippen LogP contribution in [0.25, 0.3) is 0 Å². The molecule has 1 amide bonds. The molecule has 2 rings (SSSR count). The van der Waals surface area contributed by atoms with Crippen LogP contribution in [-0.4, -0.2) is 55.5 Å². The summed E-state index contributed by atoms with van der Waals surface area (Å²) in [4.78, 5) is 14.7. The van der Waals surface area contributed by atoms with Crippen molar-refractivity contribution in [2.24, 2.45) is 0 Å². The summed E-state index contributed by atoms with van der Waals surface area (Å²) in [5.41, 5.74) is 0. The zero-order valence-corrected chi connectivity index (χ0v) is 13.6. The van der Waals surface area contributed by atoms with Gasteiger partial charge in [-0.2, -0.15) is 0 Å². The summed E-state index contributed by atoms with van der Waals surface area (Å²) in [6.45, 7) is 5.72. The molecular weight excluding hydrogens is 268 g/mol. The van der Waals surface area contributed by atoms with Crippen LogP contribution >= 0.6 is 0 Å². The van der Waals surface area contributed by atoms with E-state index in [0.717, 1.165) is 38.5 Å². The van der Waals surface area contributed by atoms with Gasteiger partial charge in [0.2, 0.25) is 0 Å². The van der Waals surface area contributed by atoms with Crippen molar-refractivity contribution in [1.82, 2.24) is 10.2 Å². The summed E-state index contributed by atoms with van der Waals surface area (Å²) in [7, 11) is 2.01. The van der Waals surface area contributed by atoms with Crippen LogP contribution in [0, 0.1) is 0 Å². The van der Waals surface area contributed by atoms with Gasteiger partial charge in [-0.25, -0.2) is 4.79 Å². The zero-order chi connectivity index (χ0) is 15.2. The largest absolute Gasteiger partial charge is 0.446 e. The van der Waals surface area contributed by atoms with Crippen LogP contribution < -0.4 is 5.32 Å². The third-order valence-electron chi connectivity index (χ3n) is 4.90. The standard InChI is InChI=1S/C16H30N2O3/c1-4-13-10-12(17-3)11-14(5-2)18(13)16(19)21-15-6-8-20-9-7-15/h12-15,17H,4-11H2,1-3H3. The predicted octanol–water partition coefficient (Wildman–Crippen LogP) is 2.54. The Morgan fingerprint density at radius 2 is 1.76 bits per heavy atom. The van der Waals surface area contributed by atoms with Crippen molar-refractivity contribution in [3.05, 3.63) is 0 Å². The zero-order valence-electron chi connectivity index (χ0n) is 13.6. The molecule has 122 valence electrons. The molecule has 2 atom stereocenters. The Bertz CT molecular complexity index is 317. The number of amides is 1. The van der Waals surface area contributed by atoms with Gasteiger partial charge in [0.05, 0.1) is 13.2 Å². The Morgan fingerprint density at radius 1 is 1.19 bits per heavy atom. The first-order valence-electron chi connectivity index (χ1n) is 8.43. The number of rotatable bonds is 4. The second-order valence-corrected chi connectivity index (χ2v) is 6.18. The Morgan fingerprint density at radius 3 is 2.24 bits per heavy atom. The minimum Gasteiger partial charge on any atom is -0.446 e. The van der Waals surface area contributed by atoms with Crippen molar-refractivity contribution < 1.29 is 14.3 Å². The highest BCUT2D eigenvalue weighted by Crippen LogP contribution is 2.28. The fraction of sp³-hybridized carbons (Fsp3) is 0.938. The maximum Gasteiger partial charge on any atom is 0.410 e. The van der Waals surface area contributed by atoms with Gasteiger partial charge >= 0.3 is 6.09 Å². The smallest absolute Gasteiger partial charge is 0.410 e. The molecule has 1 N–H and O–H groups in total. The fourth-order valence-electron chi connectivity index (χ4n) is 3.54. The third-order valence-corrected chi connectivity index (χ3v) is 4.90. The molecule has 2 aliphatic rings. The molecule has 2 unspecified atom stereocenters. The van der Waals surface area contributed by atoms with Gasteiger partial charge in [0.15, 0.2) is 0 Å². The van der Waals surface area contributed by atoms with E-state index in [1.807, 2.05) is 11.9 Å². The molecule has 0 aromatic rings. The van der Waals surface area contributed by atoms with Gasteiger partial charge in [-0.05, 0) is 32.7 Å². The average Bonchev–Trinajstić information content (AvgIpc) is 2.54. The van der Waals surface area contributed by atoms with E-state index in [2.05, 4.69) is 19.2 Å². The molecule has 0 aromatic carbocycles. The van der Waals surface area contributed by atoms with Crippen LogP contribution in [0.3, 0.4) is 0 Å². The van der Waals surface area contributed by atoms with Gasteiger partial charge in [0, 0.05) is 31.0 Å². The highest BCUT2D eigenvalue weighted by Gasteiger charge is 2.38. The SMILES string of the molecule is CCC1CC(NC)CC(CC)N1C(=O)OC1CCOCC1. The Hall–Kier alpha value is -0.810. The van der Waals surface area contributed by atoms with Gasteiger partial charge < -0.3 is 19.7 Å². The second kappa shape index (κ2) is 7.99. The molecule has 2 fully saturated rings. The number of piperidine rings is 1. The van der Waals surface area contributed by atoms with Gasteiger partial charge in [-0.15, -0.1) is 0 Å².